The Morgan fingerprint density at radius 2 is 1.73 bits per heavy atom. The van der Waals surface area contributed by atoms with E-state index in [1.807, 2.05) is 0 Å². The van der Waals surface area contributed by atoms with Crippen LogP contribution in [0.1, 0.15) is 23.2 Å². The first-order chi connectivity index (χ1) is 12.6. The summed E-state index contributed by atoms with van der Waals surface area (Å²) in [7, 11) is -3.46. The largest absolute Gasteiger partial charge is 0.379 e. The molecule has 9 heteroatoms. The minimum Gasteiger partial charge on any atom is -0.379 e. The summed E-state index contributed by atoms with van der Waals surface area (Å²) in [5.74, 6) is -0.392. The van der Waals surface area contributed by atoms with Crippen LogP contribution in [0.25, 0.3) is 0 Å². The van der Waals surface area contributed by atoms with Crippen LogP contribution in [0.15, 0.2) is 29.2 Å². The quantitative estimate of drug-likeness (QED) is 0.544. The Kier molecular flexibility index (Phi) is 6.60. The summed E-state index contributed by atoms with van der Waals surface area (Å²) in [6.07, 6.45) is 1.78. The third-order valence-electron chi connectivity index (χ3n) is 4.60. The highest BCUT2D eigenvalue weighted by Gasteiger charge is 2.27. The van der Waals surface area contributed by atoms with Crippen LogP contribution < -0.4 is 5.48 Å². The predicted molar refractivity (Wildman–Crippen MR) is 95.1 cm³/mol. The van der Waals surface area contributed by atoms with E-state index in [0.29, 0.717) is 25.3 Å². The van der Waals surface area contributed by atoms with E-state index in [2.05, 4.69) is 10.4 Å². The maximum atomic E-state index is 12.5. The molecule has 2 heterocycles. The van der Waals surface area contributed by atoms with Crippen molar-refractivity contribution in [2.45, 2.75) is 17.7 Å². The van der Waals surface area contributed by atoms with Gasteiger partial charge in [-0.15, -0.1) is 0 Å². The van der Waals surface area contributed by atoms with Crippen molar-refractivity contribution in [1.82, 2.24) is 14.7 Å². The molecule has 3 rings (SSSR count). The Balaban J connectivity index is 1.47. The Bertz CT molecular complexity index is 696. The zero-order valence-corrected chi connectivity index (χ0v) is 15.5. The monoisotopic (exact) mass is 383 g/mol. The number of carbonyl (C=O) groups is 1. The van der Waals surface area contributed by atoms with Gasteiger partial charge in [-0.05, 0) is 37.1 Å². The summed E-state index contributed by atoms with van der Waals surface area (Å²) in [5, 5.41) is 0. The van der Waals surface area contributed by atoms with Crippen LogP contribution in [-0.2, 0) is 19.6 Å². The molecular formula is C17H25N3O5S. The van der Waals surface area contributed by atoms with Crippen LogP contribution in [0.3, 0.4) is 0 Å². The number of hydrogen-bond donors (Lipinski definition) is 1. The van der Waals surface area contributed by atoms with E-state index in [-0.39, 0.29) is 4.90 Å². The van der Waals surface area contributed by atoms with Gasteiger partial charge in [0.05, 0.1) is 24.7 Å². The van der Waals surface area contributed by atoms with E-state index >= 15 is 0 Å². The molecule has 1 N–H and O–H groups in total. The van der Waals surface area contributed by atoms with Gasteiger partial charge in [0.15, 0.2) is 0 Å². The first-order valence-electron chi connectivity index (χ1n) is 8.90. The summed E-state index contributed by atoms with van der Waals surface area (Å²) < 4.78 is 31.7. The van der Waals surface area contributed by atoms with Crippen molar-refractivity contribution >= 4 is 15.9 Å². The number of amides is 1. The first kappa shape index (κ1) is 19.2. The maximum absolute atomic E-state index is 12.5. The van der Waals surface area contributed by atoms with Gasteiger partial charge in [-0.1, -0.05) is 0 Å². The zero-order valence-electron chi connectivity index (χ0n) is 14.7. The fourth-order valence-electron chi connectivity index (χ4n) is 3.03. The first-order valence-corrected chi connectivity index (χ1v) is 10.3. The average molecular weight is 383 g/mol. The van der Waals surface area contributed by atoms with Crippen molar-refractivity contribution in [2.75, 3.05) is 52.5 Å². The number of hydroxylamine groups is 1. The van der Waals surface area contributed by atoms with Crippen molar-refractivity contribution in [2.24, 2.45) is 0 Å². The van der Waals surface area contributed by atoms with Crippen LogP contribution in [0.2, 0.25) is 0 Å². The van der Waals surface area contributed by atoms with Gasteiger partial charge in [0.25, 0.3) is 5.91 Å². The van der Waals surface area contributed by atoms with E-state index < -0.39 is 15.9 Å². The fourth-order valence-corrected chi connectivity index (χ4v) is 4.55. The second kappa shape index (κ2) is 8.92. The third-order valence-corrected chi connectivity index (χ3v) is 6.51. The number of ether oxygens (including phenoxy) is 1. The van der Waals surface area contributed by atoms with Crippen molar-refractivity contribution in [3.05, 3.63) is 29.8 Å². The highest BCUT2D eigenvalue weighted by atomic mass is 32.2. The molecule has 1 aromatic carbocycles. The summed E-state index contributed by atoms with van der Waals surface area (Å²) in [5.41, 5.74) is 2.75. The highest BCUT2D eigenvalue weighted by molar-refractivity contribution is 7.89. The lowest BCUT2D eigenvalue weighted by Crippen LogP contribution is -2.39. The molecule has 0 spiro atoms. The minimum absolute atomic E-state index is 0.212. The van der Waals surface area contributed by atoms with Crippen molar-refractivity contribution < 1.29 is 22.8 Å². The smallest absolute Gasteiger partial charge is 0.274 e. The SMILES string of the molecule is O=C(NOCCN1CCOCC1)c1ccc(S(=O)(=O)N2CCCC2)cc1. The number of rotatable bonds is 7. The van der Waals surface area contributed by atoms with Gasteiger partial charge < -0.3 is 4.74 Å². The van der Waals surface area contributed by atoms with E-state index in [1.165, 1.54) is 28.6 Å². The molecule has 2 fully saturated rings. The lowest BCUT2D eigenvalue weighted by molar-refractivity contribution is -0.00177. The molecule has 0 aromatic heterocycles. The second-order valence-electron chi connectivity index (χ2n) is 6.37. The standard InChI is InChI=1S/C17H25N3O5S/c21-17(18-25-14-11-19-9-12-24-13-10-19)15-3-5-16(6-4-15)26(22,23)20-7-1-2-8-20/h3-6H,1-2,7-14H2,(H,18,21). The van der Waals surface area contributed by atoms with Gasteiger partial charge in [0.1, 0.15) is 0 Å². The number of nitrogens with one attached hydrogen (secondary N) is 1. The summed E-state index contributed by atoms with van der Waals surface area (Å²) in [6, 6.07) is 5.94. The normalized spacial score (nSPS) is 19.5. The average Bonchev–Trinajstić information content (AvgIpc) is 3.22. The van der Waals surface area contributed by atoms with E-state index in [0.717, 1.165) is 45.7 Å². The Hall–Kier alpha value is -1.52. The number of sulfonamides is 1. The fraction of sp³-hybridized carbons (Fsp3) is 0.588. The van der Waals surface area contributed by atoms with Crippen molar-refractivity contribution in [3.63, 3.8) is 0 Å². The minimum atomic E-state index is -3.46. The third kappa shape index (κ3) is 4.80. The Morgan fingerprint density at radius 1 is 1.08 bits per heavy atom. The number of benzene rings is 1. The van der Waals surface area contributed by atoms with Gasteiger partial charge >= 0.3 is 0 Å². The zero-order chi connectivity index (χ0) is 18.4. The van der Waals surface area contributed by atoms with Crippen LogP contribution >= 0.6 is 0 Å². The topological polar surface area (TPSA) is 88.2 Å². The number of nitrogens with zero attached hydrogens (tertiary/aromatic N) is 2. The molecule has 0 atom stereocenters. The molecule has 0 aliphatic carbocycles. The Morgan fingerprint density at radius 3 is 2.38 bits per heavy atom. The molecule has 144 valence electrons. The molecule has 0 bridgehead atoms. The van der Waals surface area contributed by atoms with Crippen LogP contribution in [0, 0.1) is 0 Å². The molecule has 1 amide bonds. The van der Waals surface area contributed by atoms with E-state index in [1.54, 1.807) is 0 Å². The van der Waals surface area contributed by atoms with Gasteiger partial charge in [0.2, 0.25) is 10.0 Å². The van der Waals surface area contributed by atoms with Gasteiger partial charge in [-0.25, -0.2) is 13.9 Å². The second-order valence-corrected chi connectivity index (χ2v) is 8.31. The molecule has 1 aromatic rings. The van der Waals surface area contributed by atoms with E-state index in [4.69, 9.17) is 9.57 Å². The molecule has 0 radical (unpaired) electrons. The lowest BCUT2D eigenvalue weighted by Gasteiger charge is -2.26. The molecule has 2 aliphatic rings. The Labute approximate surface area is 154 Å². The molecule has 2 aliphatic heterocycles. The van der Waals surface area contributed by atoms with Crippen molar-refractivity contribution in [1.29, 1.82) is 0 Å². The number of carbonyl (C=O) groups excluding carboxylic acids is 1. The van der Waals surface area contributed by atoms with Gasteiger partial charge in [-0.2, -0.15) is 4.31 Å². The maximum Gasteiger partial charge on any atom is 0.274 e. The van der Waals surface area contributed by atoms with Gasteiger partial charge in [0, 0.05) is 38.3 Å². The van der Waals surface area contributed by atoms with Crippen LogP contribution in [0.4, 0.5) is 0 Å². The predicted octanol–water partition coefficient (Wildman–Crippen LogP) is 0.465. The molecule has 8 nitrogen and oxygen atoms in total. The molecule has 0 unspecified atom stereocenters. The van der Waals surface area contributed by atoms with Crippen LogP contribution in [-0.4, -0.2) is 76.1 Å². The van der Waals surface area contributed by atoms with Gasteiger partial charge in [-0.3, -0.25) is 14.5 Å². The number of morpholine rings is 1. The van der Waals surface area contributed by atoms with Crippen molar-refractivity contribution in [3.8, 4) is 0 Å². The van der Waals surface area contributed by atoms with Crippen LogP contribution in [0.5, 0.6) is 0 Å². The summed E-state index contributed by atoms with van der Waals surface area (Å²) in [4.78, 5) is 19.7. The summed E-state index contributed by atoms with van der Waals surface area (Å²) in [6.45, 7) is 5.39. The lowest BCUT2D eigenvalue weighted by atomic mass is 10.2. The van der Waals surface area contributed by atoms with E-state index in [9.17, 15) is 13.2 Å². The molecule has 2 saturated heterocycles. The number of hydrogen-bond acceptors (Lipinski definition) is 6. The molecule has 0 saturated carbocycles. The molecular weight excluding hydrogens is 358 g/mol. The highest BCUT2D eigenvalue weighted by Crippen LogP contribution is 2.21. The summed E-state index contributed by atoms with van der Waals surface area (Å²) >= 11 is 0. The molecule has 26 heavy (non-hydrogen) atoms.